The van der Waals surface area contributed by atoms with Crippen molar-refractivity contribution in [3.8, 4) is 0 Å². The predicted octanol–water partition coefficient (Wildman–Crippen LogP) is 4.55. The van der Waals surface area contributed by atoms with E-state index in [9.17, 15) is 9.59 Å². The van der Waals surface area contributed by atoms with E-state index in [-0.39, 0.29) is 17.4 Å². The van der Waals surface area contributed by atoms with Crippen molar-refractivity contribution in [3.63, 3.8) is 0 Å². The van der Waals surface area contributed by atoms with Gasteiger partial charge in [0, 0.05) is 22.1 Å². The number of thioether (sulfide) groups is 1. The number of carbonyl (C=O) groups is 2. The van der Waals surface area contributed by atoms with E-state index in [4.69, 9.17) is 0 Å². The van der Waals surface area contributed by atoms with E-state index in [1.165, 1.54) is 11.8 Å². The summed E-state index contributed by atoms with van der Waals surface area (Å²) in [6, 6.07) is 14.7. The summed E-state index contributed by atoms with van der Waals surface area (Å²) >= 11 is 1.33. The molecule has 4 rings (SSSR count). The maximum atomic E-state index is 12.7. The molecule has 7 nitrogen and oxygen atoms in total. The van der Waals surface area contributed by atoms with Crippen molar-refractivity contribution >= 4 is 45.7 Å². The lowest BCUT2D eigenvalue weighted by Crippen LogP contribution is -2.27. The molecule has 8 heteroatoms. The van der Waals surface area contributed by atoms with Gasteiger partial charge in [-0.1, -0.05) is 44.7 Å². The highest BCUT2D eigenvalue weighted by atomic mass is 32.2. The molecule has 0 spiro atoms. The van der Waals surface area contributed by atoms with Crippen LogP contribution in [0.5, 0.6) is 0 Å². The Bertz CT molecular complexity index is 1290. The fourth-order valence-electron chi connectivity index (χ4n) is 3.00. The molecule has 31 heavy (non-hydrogen) atoms. The Kier molecular flexibility index (Phi) is 5.49. The summed E-state index contributed by atoms with van der Waals surface area (Å²) in [7, 11) is 0. The largest absolute Gasteiger partial charge is 0.326 e. The molecule has 0 atom stereocenters. The number of benzene rings is 2. The molecule has 2 aromatic heterocycles. The lowest BCUT2D eigenvalue weighted by molar-refractivity contribution is -0.123. The van der Waals surface area contributed by atoms with Gasteiger partial charge in [-0.25, -0.2) is 9.97 Å². The fourth-order valence-corrected chi connectivity index (χ4v) is 3.84. The molecule has 0 aliphatic carbocycles. The molecule has 0 saturated carbocycles. The highest BCUT2D eigenvalue weighted by molar-refractivity contribution is 7.99. The van der Waals surface area contributed by atoms with E-state index in [1.807, 2.05) is 52.0 Å². The second-order valence-electron chi connectivity index (χ2n) is 8.30. The molecular weight excluding hydrogens is 410 g/mol. The Morgan fingerprint density at radius 1 is 1.03 bits per heavy atom. The number of Topliss-reactive ketones (excluding diaryl/α,β-unsaturated/α-hetero) is 1. The standard InChI is InChI=1S/C23H23N5O2S/c1-14-24-20-17-7-5-6-8-18(17)26-22(28(20)27-14)31-13-19(29)15-9-11-16(12-10-15)25-21(30)23(2,3)4/h5-12H,13H2,1-4H3,(H,25,30). The van der Waals surface area contributed by atoms with Gasteiger partial charge in [-0.05, 0) is 43.3 Å². The third-order valence-corrected chi connectivity index (χ3v) is 5.66. The number of nitrogens with one attached hydrogen (secondary N) is 1. The third kappa shape index (κ3) is 4.44. The number of aromatic nitrogens is 4. The molecule has 4 aromatic rings. The predicted molar refractivity (Wildman–Crippen MR) is 123 cm³/mol. The monoisotopic (exact) mass is 433 g/mol. The van der Waals surface area contributed by atoms with Crippen LogP contribution >= 0.6 is 11.8 Å². The molecule has 2 aromatic carbocycles. The second-order valence-corrected chi connectivity index (χ2v) is 9.24. The number of anilines is 1. The van der Waals surface area contributed by atoms with Gasteiger partial charge in [0.2, 0.25) is 5.91 Å². The lowest BCUT2D eigenvalue weighted by Gasteiger charge is -2.17. The van der Waals surface area contributed by atoms with Gasteiger partial charge in [-0.15, -0.1) is 5.10 Å². The number of aryl methyl sites for hydroxylation is 1. The van der Waals surface area contributed by atoms with Crippen molar-refractivity contribution in [2.75, 3.05) is 11.1 Å². The quantitative estimate of drug-likeness (QED) is 0.282. The summed E-state index contributed by atoms with van der Waals surface area (Å²) in [6.45, 7) is 7.39. The summed E-state index contributed by atoms with van der Waals surface area (Å²) < 4.78 is 1.70. The number of ketones is 1. The SMILES string of the molecule is Cc1nc2c3ccccc3nc(SCC(=O)c3ccc(NC(=O)C(C)(C)C)cc3)n2n1. The molecule has 0 fully saturated rings. The molecule has 158 valence electrons. The maximum Gasteiger partial charge on any atom is 0.229 e. The Hall–Kier alpha value is -3.26. The first-order valence-corrected chi connectivity index (χ1v) is 10.9. The number of carbonyl (C=O) groups excluding carboxylic acids is 2. The van der Waals surface area contributed by atoms with Gasteiger partial charge in [-0.3, -0.25) is 9.59 Å². The highest BCUT2D eigenvalue weighted by Gasteiger charge is 2.21. The molecule has 0 aliphatic heterocycles. The molecule has 0 saturated heterocycles. The van der Waals surface area contributed by atoms with E-state index in [0.29, 0.717) is 22.2 Å². The van der Waals surface area contributed by atoms with E-state index < -0.39 is 5.41 Å². The first-order chi connectivity index (χ1) is 14.7. The summed E-state index contributed by atoms with van der Waals surface area (Å²) in [5, 5.41) is 8.85. The minimum atomic E-state index is -0.483. The zero-order valence-electron chi connectivity index (χ0n) is 17.8. The molecule has 0 aliphatic rings. The van der Waals surface area contributed by atoms with Crippen LogP contribution in [-0.4, -0.2) is 37.0 Å². The zero-order chi connectivity index (χ0) is 22.2. The zero-order valence-corrected chi connectivity index (χ0v) is 18.7. The number of fused-ring (bicyclic) bond motifs is 3. The van der Waals surface area contributed by atoms with E-state index >= 15 is 0 Å². The molecule has 1 amide bonds. The van der Waals surface area contributed by atoms with Gasteiger partial charge in [0.15, 0.2) is 16.6 Å². The first kappa shape index (κ1) is 21.0. The van der Waals surface area contributed by atoms with Crippen molar-refractivity contribution in [2.45, 2.75) is 32.9 Å². The second kappa shape index (κ2) is 8.11. The van der Waals surface area contributed by atoms with Gasteiger partial charge < -0.3 is 5.32 Å². The van der Waals surface area contributed by atoms with Crippen molar-refractivity contribution in [3.05, 3.63) is 59.9 Å². The Labute approximate surface area is 184 Å². The van der Waals surface area contributed by atoms with E-state index in [1.54, 1.807) is 28.8 Å². The van der Waals surface area contributed by atoms with Crippen LogP contribution in [0.1, 0.15) is 37.0 Å². The van der Waals surface area contributed by atoms with Crippen LogP contribution in [0.3, 0.4) is 0 Å². The number of para-hydroxylation sites is 1. The van der Waals surface area contributed by atoms with Crippen LogP contribution < -0.4 is 5.32 Å². The molecule has 1 N–H and O–H groups in total. The van der Waals surface area contributed by atoms with E-state index in [2.05, 4.69) is 20.4 Å². The Morgan fingerprint density at radius 2 is 1.74 bits per heavy atom. The van der Waals surface area contributed by atoms with Crippen LogP contribution in [0.15, 0.2) is 53.7 Å². The maximum absolute atomic E-state index is 12.7. The Morgan fingerprint density at radius 3 is 2.45 bits per heavy atom. The number of hydrogen-bond acceptors (Lipinski definition) is 6. The smallest absolute Gasteiger partial charge is 0.229 e. The van der Waals surface area contributed by atoms with Crippen LogP contribution in [0.4, 0.5) is 5.69 Å². The number of rotatable bonds is 5. The van der Waals surface area contributed by atoms with Gasteiger partial charge in [-0.2, -0.15) is 4.52 Å². The topological polar surface area (TPSA) is 89.2 Å². The van der Waals surface area contributed by atoms with Crippen LogP contribution in [0.25, 0.3) is 16.6 Å². The van der Waals surface area contributed by atoms with Gasteiger partial charge in [0.05, 0.1) is 11.3 Å². The number of nitrogens with zero attached hydrogens (tertiary/aromatic N) is 4. The summed E-state index contributed by atoms with van der Waals surface area (Å²) in [5.41, 5.74) is 2.31. The van der Waals surface area contributed by atoms with Crippen LogP contribution in [0.2, 0.25) is 0 Å². The summed E-state index contributed by atoms with van der Waals surface area (Å²) in [6.07, 6.45) is 0. The van der Waals surface area contributed by atoms with Crippen molar-refractivity contribution in [1.82, 2.24) is 19.6 Å². The van der Waals surface area contributed by atoms with Crippen molar-refractivity contribution in [2.24, 2.45) is 5.41 Å². The van der Waals surface area contributed by atoms with Gasteiger partial charge in [0.1, 0.15) is 5.82 Å². The normalized spacial score (nSPS) is 11.7. The lowest BCUT2D eigenvalue weighted by atomic mass is 9.95. The highest BCUT2D eigenvalue weighted by Crippen LogP contribution is 2.25. The minimum absolute atomic E-state index is 0.0290. The summed E-state index contributed by atoms with van der Waals surface area (Å²) in [4.78, 5) is 34.0. The number of hydrogen-bond donors (Lipinski definition) is 1. The molecule has 2 heterocycles. The average Bonchev–Trinajstić information content (AvgIpc) is 3.13. The van der Waals surface area contributed by atoms with Crippen molar-refractivity contribution < 1.29 is 9.59 Å². The van der Waals surface area contributed by atoms with Crippen LogP contribution in [-0.2, 0) is 4.79 Å². The van der Waals surface area contributed by atoms with Gasteiger partial charge >= 0.3 is 0 Å². The molecule has 0 radical (unpaired) electrons. The number of amides is 1. The first-order valence-electron chi connectivity index (χ1n) is 9.92. The van der Waals surface area contributed by atoms with Crippen LogP contribution in [0, 0.1) is 12.3 Å². The average molecular weight is 434 g/mol. The summed E-state index contributed by atoms with van der Waals surface area (Å²) in [5.74, 6) is 0.766. The Balaban J connectivity index is 1.51. The fraction of sp³-hybridized carbons (Fsp3) is 0.261. The molecule has 0 bridgehead atoms. The van der Waals surface area contributed by atoms with E-state index in [0.717, 1.165) is 16.6 Å². The molecule has 0 unspecified atom stereocenters. The minimum Gasteiger partial charge on any atom is -0.326 e. The molecular formula is C23H23N5O2S. The third-order valence-electron chi connectivity index (χ3n) is 4.73. The van der Waals surface area contributed by atoms with Crippen molar-refractivity contribution in [1.29, 1.82) is 0 Å². The van der Waals surface area contributed by atoms with Gasteiger partial charge in [0.25, 0.3) is 0 Å².